The number of rotatable bonds is 4. The Morgan fingerprint density at radius 3 is 2.65 bits per heavy atom. The number of amides is 1. The van der Waals surface area contributed by atoms with Crippen LogP contribution in [-0.2, 0) is 4.74 Å². The van der Waals surface area contributed by atoms with Crippen LogP contribution in [0.15, 0.2) is 0 Å². The molecular formula is C18H34N2O3. The molecule has 1 aliphatic heterocycles. The van der Waals surface area contributed by atoms with Gasteiger partial charge >= 0.3 is 6.09 Å². The van der Waals surface area contributed by atoms with Crippen molar-refractivity contribution in [3.8, 4) is 0 Å². The van der Waals surface area contributed by atoms with Crippen LogP contribution in [0, 0.1) is 5.92 Å². The Bertz CT molecular complexity index is 392. The molecule has 5 heteroatoms. The van der Waals surface area contributed by atoms with Crippen LogP contribution < -0.4 is 5.32 Å². The summed E-state index contributed by atoms with van der Waals surface area (Å²) >= 11 is 0. The monoisotopic (exact) mass is 326 g/mol. The highest BCUT2D eigenvalue weighted by Gasteiger charge is 2.40. The lowest BCUT2D eigenvalue weighted by Crippen LogP contribution is -2.53. The zero-order chi connectivity index (χ0) is 17.0. The Kier molecular flexibility index (Phi) is 6.32. The third kappa shape index (κ3) is 5.35. The van der Waals surface area contributed by atoms with Crippen LogP contribution in [-0.4, -0.2) is 53.0 Å². The van der Waals surface area contributed by atoms with Crippen LogP contribution in [0.3, 0.4) is 0 Å². The Labute approximate surface area is 140 Å². The molecule has 1 aliphatic carbocycles. The largest absolute Gasteiger partial charge is 0.444 e. The van der Waals surface area contributed by atoms with Crippen LogP contribution in [0.2, 0.25) is 0 Å². The summed E-state index contributed by atoms with van der Waals surface area (Å²) in [5.74, 6) is 0.474. The number of carbonyl (C=O) groups excluding carboxylic acids is 1. The second-order valence-corrected chi connectivity index (χ2v) is 8.20. The van der Waals surface area contributed by atoms with Gasteiger partial charge in [0.2, 0.25) is 0 Å². The molecule has 1 saturated heterocycles. The van der Waals surface area contributed by atoms with E-state index in [9.17, 15) is 9.90 Å². The van der Waals surface area contributed by atoms with Crippen LogP contribution in [0.5, 0.6) is 0 Å². The molecule has 0 aromatic carbocycles. The average Bonchev–Trinajstić information content (AvgIpc) is 2.91. The molecule has 134 valence electrons. The summed E-state index contributed by atoms with van der Waals surface area (Å²) in [6, 6.07) is 0.672. The lowest BCUT2D eigenvalue weighted by Gasteiger charge is -2.41. The van der Waals surface area contributed by atoms with Gasteiger partial charge in [0.05, 0.1) is 6.10 Å². The maximum absolute atomic E-state index is 12.6. The van der Waals surface area contributed by atoms with Gasteiger partial charge in [-0.05, 0) is 65.7 Å². The van der Waals surface area contributed by atoms with Crippen molar-refractivity contribution >= 4 is 6.09 Å². The molecule has 1 saturated carbocycles. The van der Waals surface area contributed by atoms with Crippen molar-refractivity contribution in [2.75, 3.05) is 13.1 Å². The van der Waals surface area contributed by atoms with Gasteiger partial charge in [0.25, 0.3) is 0 Å². The second kappa shape index (κ2) is 7.84. The quantitative estimate of drug-likeness (QED) is 0.834. The Balaban J connectivity index is 2.03. The highest BCUT2D eigenvalue weighted by molar-refractivity contribution is 5.68. The van der Waals surface area contributed by atoms with Crippen LogP contribution in [0.25, 0.3) is 0 Å². The van der Waals surface area contributed by atoms with E-state index >= 15 is 0 Å². The molecule has 1 amide bonds. The molecule has 0 aromatic heterocycles. The number of ether oxygens (including phenoxy) is 1. The van der Waals surface area contributed by atoms with E-state index < -0.39 is 5.60 Å². The standard InChI is InChI=1S/C18H34N2O3/c1-13(21)12-19-15-9-7-8-14(15)16-10-5-6-11-20(16)17(22)23-18(2,3)4/h13-16,19,21H,5-12H2,1-4H3. The number of nitrogens with one attached hydrogen (secondary N) is 1. The van der Waals surface area contributed by atoms with E-state index in [-0.39, 0.29) is 18.2 Å². The summed E-state index contributed by atoms with van der Waals surface area (Å²) in [4.78, 5) is 14.6. The van der Waals surface area contributed by atoms with E-state index in [1.54, 1.807) is 0 Å². The molecule has 0 radical (unpaired) electrons. The minimum atomic E-state index is -0.446. The van der Waals surface area contributed by atoms with E-state index in [4.69, 9.17) is 4.74 Å². The number of hydrogen-bond donors (Lipinski definition) is 2. The van der Waals surface area contributed by atoms with Gasteiger partial charge in [0.15, 0.2) is 0 Å². The summed E-state index contributed by atoms with van der Waals surface area (Å²) in [5.41, 5.74) is -0.446. The fourth-order valence-electron chi connectivity index (χ4n) is 3.97. The number of piperidine rings is 1. The van der Waals surface area contributed by atoms with Gasteiger partial charge in [-0.25, -0.2) is 4.79 Å². The van der Waals surface area contributed by atoms with Crippen LogP contribution in [0.4, 0.5) is 4.79 Å². The van der Waals surface area contributed by atoms with Crippen molar-refractivity contribution in [2.24, 2.45) is 5.92 Å². The fourth-order valence-corrected chi connectivity index (χ4v) is 3.97. The van der Waals surface area contributed by atoms with E-state index in [0.717, 1.165) is 32.2 Å². The first kappa shape index (κ1) is 18.5. The van der Waals surface area contributed by atoms with Crippen LogP contribution >= 0.6 is 0 Å². The van der Waals surface area contributed by atoms with Gasteiger partial charge in [-0.3, -0.25) is 0 Å². The third-order valence-corrected chi connectivity index (χ3v) is 4.92. The maximum Gasteiger partial charge on any atom is 0.410 e. The van der Waals surface area contributed by atoms with E-state index in [1.807, 2.05) is 32.6 Å². The molecule has 23 heavy (non-hydrogen) atoms. The van der Waals surface area contributed by atoms with Gasteiger partial charge in [-0.15, -0.1) is 0 Å². The molecule has 2 rings (SSSR count). The van der Waals surface area contributed by atoms with Gasteiger partial charge in [-0.2, -0.15) is 0 Å². The summed E-state index contributed by atoms with van der Waals surface area (Å²) in [7, 11) is 0. The number of aliphatic hydroxyl groups excluding tert-OH is 1. The smallest absolute Gasteiger partial charge is 0.410 e. The molecule has 2 fully saturated rings. The topological polar surface area (TPSA) is 61.8 Å². The zero-order valence-electron chi connectivity index (χ0n) is 15.2. The number of nitrogens with zero attached hydrogens (tertiary/aromatic N) is 1. The number of hydrogen-bond acceptors (Lipinski definition) is 4. The molecule has 2 N–H and O–H groups in total. The first-order valence-corrected chi connectivity index (χ1v) is 9.19. The molecule has 0 aromatic rings. The van der Waals surface area contributed by atoms with Crippen LogP contribution in [0.1, 0.15) is 66.2 Å². The molecule has 4 unspecified atom stereocenters. The number of carbonyl (C=O) groups is 1. The third-order valence-electron chi connectivity index (χ3n) is 4.92. The average molecular weight is 326 g/mol. The highest BCUT2D eigenvalue weighted by Crippen LogP contribution is 2.36. The molecule has 1 heterocycles. The van der Waals surface area contributed by atoms with Crippen molar-refractivity contribution in [2.45, 2.75) is 90.0 Å². The van der Waals surface area contributed by atoms with Crippen molar-refractivity contribution in [3.05, 3.63) is 0 Å². The fraction of sp³-hybridized carbons (Fsp3) is 0.944. The van der Waals surface area contributed by atoms with E-state index in [2.05, 4.69) is 5.32 Å². The second-order valence-electron chi connectivity index (χ2n) is 8.20. The predicted octanol–water partition coefficient (Wildman–Crippen LogP) is 2.92. The zero-order valence-corrected chi connectivity index (χ0v) is 15.2. The first-order chi connectivity index (χ1) is 10.8. The van der Waals surface area contributed by atoms with Crippen molar-refractivity contribution in [1.29, 1.82) is 0 Å². The number of likely N-dealkylation sites (tertiary alicyclic amines) is 1. The Hall–Kier alpha value is -0.810. The summed E-state index contributed by atoms with van der Waals surface area (Å²) in [5, 5.41) is 13.0. The summed E-state index contributed by atoms with van der Waals surface area (Å²) in [6.45, 7) is 9.01. The van der Waals surface area contributed by atoms with Gasteiger partial charge in [-0.1, -0.05) is 6.42 Å². The molecular weight excluding hydrogens is 292 g/mol. The van der Waals surface area contributed by atoms with E-state index in [0.29, 0.717) is 18.5 Å². The highest BCUT2D eigenvalue weighted by atomic mass is 16.6. The normalized spacial score (nSPS) is 30.3. The molecule has 0 spiro atoms. The summed E-state index contributed by atoms with van der Waals surface area (Å²) in [6.07, 6.45) is 6.31. The van der Waals surface area contributed by atoms with Gasteiger partial charge < -0.3 is 20.1 Å². The minimum Gasteiger partial charge on any atom is -0.444 e. The molecule has 4 atom stereocenters. The molecule has 2 aliphatic rings. The van der Waals surface area contributed by atoms with Crippen molar-refractivity contribution < 1.29 is 14.6 Å². The number of aliphatic hydroxyl groups is 1. The summed E-state index contributed by atoms with van der Waals surface area (Å²) < 4.78 is 5.63. The Morgan fingerprint density at radius 2 is 2.00 bits per heavy atom. The van der Waals surface area contributed by atoms with Gasteiger partial charge in [0.1, 0.15) is 5.60 Å². The Morgan fingerprint density at radius 1 is 1.26 bits per heavy atom. The minimum absolute atomic E-state index is 0.164. The molecule has 0 bridgehead atoms. The SMILES string of the molecule is CC(O)CNC1CCCC1C1CCCCN1C(=O)OC(C)(C)C. The van der Waals surface area contributed by atoms with Crippen molar-refractivity contribution in [3.63, 3.8) is 0 Å². The lowest BCUT2D eigenvalue weighted by atomic mass is 9.87. The van der Waals surface area contributed by atoms with Crippen molar-refractivity contribution in [1.82, 2.24) is 10.2 Å². The van der Waals surface area contributed by atoms with Gasteiger partial charge in [0, 0.05) is 25.2 Å². The molecule has 5 nitrogen and oxygen atoms in total. The predicted molar refractivity (Wildman–Crippen MR) is 91.4 cm³/mol. The first-order valence-electron chi connectivity index (χ1n) is 9.19. The van der Waals surface area contributed by atoms with E-state index in [1.165, 1.54) is 12.8 Å². The lowest BCUT2D eigenvalue weighted by molar-refractivity contribution is -0.000394. The maximum atomic E-state index is 12.6.